The standard InChI is InChI=1S/C48H65F3N8O9S/c1-7-18-58(27-31(2)54-43(62)36-16-14-35(15-17-36)42-56-46(68-57-42)48(49,50)51)19-8-9-20-65-21-22-66-23-24-67-29-39(61)55-41(47(4,5)6)45(64)59-28-37(60)25-38(59)44(63)52-26-33-10-12-34(13-11-33)40-32(3)53-30-69-40/h10-17,30-31,37-38,41,60H,7-9,18-29H2,1-6H3,(H,52,63)(H,54,62)(H,55,61). The quantitative estimate of drug-likeness (QED) is 0.0561. The highest BCUT2D eigenvalue weighted by Crippen LogP contribution is 2.30. The summed E-state index contributed by atoms with van der Waals surface area (Å²) >= 11 is 1.56. The number of nitrogens with one attached hydrogen (secondary N) is 3. The number of aryl methyl sites for hydroxylation is 1. The molecule has 2 aromatic heterocycles. The zero-order valence-corrected chi connectivity index (χ0v) is 40.9. The predicted molar refractivity (Wildman–Crippen MR) is 252 cm³/mol. The van der Waals surface area contributed by atoms with Crippen LogP contribution in [0.2, 0.25) is 0 Å². The second-order valence-electron chi connectivity index (χ2n) is 18.1. The lowest BCUT2D eigenvalue weighted by atomic mass is 9.85. The molecule has 1 fully saturated rings. The highest BCUT2D eigenvalue weighted by atomic mass is 32.1. The third-order valence-electron chi connectivity index (χ3n) is 11.2. The predicted octanol–water partition coefficient (Wildman–Crippen LogP) is 5.66. The molecule has 2 aromatic carbocycles. The SMILES string of the molecule is CCCN(CCCCOCCOCCOCC(=O)NC(C(=O)N1CC(O)CC1C(=O)NCc1ccc(-c2scnc2C)cc1)C(C)(C)C)CC(C)NC(=O)c1ccc(-c2noc(C(F)(F)F)n2)cc1. The van der Waals surface area contributed by atoms with Crippen LogP contribution >= 0.6 is 11.3 Å². The first kappa shape index (κ1) is 54.6. The van der Waals surface area contributed by atoms with E-state index in [1.165, 1.54) is 29.2 Å². The number of hydrogen-bond donors (Lipinski definition) is 4. The Morgan fingerprint density at radius 1 is 0.928 bits per heavy atom. The molecule has 4 atom stereocenters. The molecule has 1 saturated heterocycles. The minimum atomic E-state index is -4.75. The maximum Gasteiger partial charge on any atom is 0.471 e. The monoisotopic (exact) mass is 986 g/mol. The van der Waals surface area contributed by atoms with Crippen molar-refractivity contribution in [2.75, 3.05) is 65.8 Å². The number of amides is 4. The van der Waals surface area contributed by atoms with E-state index in [0.717, 1.165) is 54.0 Å². The van der Waals surface area contributed by atoms with Crippen molar-refractivity contribution in [1.29, 1.82) is 0 Å². The maximum absolute atomic E-state index is 13.9. The zero-order chi connectivity index (χ0) is 50.1. The molecule has 0 aliphatic carbocycles. The van der Waals surface area contributed by atoms with E-state index in [0.29, 0.717) is 31.9 Å². The molecule has 5 rings (SSSR count). The molecule has 0 spiro atoms. The van der Waals surface area contributed by atoms with E-state index in [4.69, 9.17) is 14.2 Å². The zero-order valence-electron chi connectivity index (χ0n) is 40.1. The Labute approximate surface area is 404 Å². The smallest absolute Gasteiger partial charge is 0.391 e. The Hall–Kier alpha value is -5.32. The number of halogens is 3. The number of likely N-dealkylation sites (tertiary alicyclic amines) is 1. The van der Waals surface area contributed by atoms with Gasteiger partial charge in [-0.2, -0.15) is 18.2 Å². The molecule has 378 valence electrons. The fraction of sp³-hybridized carbons (Fsp3) is 0.562. The Bertz CT molecular complexity index is 2250. The number of carbonyl (C=O) groups is 4. The van der Waals surface area contributed by atoms with Crippen molar-refractivity contribution in [3.63, 3.8) is 0 Å². The number of rotatable bonds is 26. The van der Waals surface area contributed by atoms with Crippen LogP contribution in [0.25, 0.3) is 21.8 Å². The summed E-state index contributed by atoms with van der Waals surface area (Å²) in [5.41, 5.74) is 4.60. The average molecular weight is 987 g/mol. The molecule has 4 N–H and O–H groups in total. The number of unbranched alkanes of at least 4 members (excludes halogenated alkanes) is 1. The van der Waals surface area contributed by atoms with E-state index < -0.39 is 47.5 Å². The first-order valence-corrected chi connectivity index (χ1v) is 24.0. The summed E-state index contributed by atoms with van der Waals surface area (Å²) in [5, 5.41) is 22.6. The number of thiazole rings is 1. The number of carbonyl (C=O) groups excluding carboxylic acids is 4. The number of alkyl halides is 3. The average Bonchev–Trinajstić information content (AvgIpc) is 4.08. The second kappa shape index (κ2) is 26.0. The number of aliphatic hydroxyl groups excluding tert-OH is 1. The Kier molecular flexibility index (Phi) is 20.6. The van der Waals surface area contributed by atoms with Crippen LogP contribution in [0.5, 0.6) is 0 Å². The van der Waals surface area contributed by atoms with E-state index in [9.17, 15) is 37.5 Å². The van der Waals surface area contributed by atoms with Gasteiger partial charge in [0.2, 0.25) is 23.5 Å². The van der Waals surface area contributed by atoms with Crippen molar-refractivity contribution < 1.29 is 56.2 Å². The number of aromatic nitrogens is 3. The molecule has 17 nitrogen and oxygen atoms in total. The van der Waals surface area contributed by atoms with Gasteiger partial charge in [-0.25, -0.2) is 4.98 Å². The maximum atomic E-state index is 13.9. The number of benzene rings is 2. The summed E-state index contributed by atoms with van der Waals surface area (Å²) < 4.78 is 59.6. The summed E-state index contributed by atoms with van der Waals surface area (Å²) in [7, 11) is 0. The van der Waals surface area contributed by atoms with Gasteiger partial charge in [-0.1, -0.05) is 69.2 Å². The lowest BCUT2D eigenvalue weighted by molar-refractivity contribution is -0.159. The van der Waals surface area contributed by atoms with Crippen molar-refractivity contribution in [2.45, 2.75) is 104 Å². The van der Waals surface area contributed by atoms with E-state index in [1.54, 1.807) is 16.8 Å². The molecule has 0 radical (unpaired) electrons. The minimum absolute atomic E-state index is 0.0299. The molecule has 0 saturated carbocycles. The third kappa shape index (κ3) is 17.0. The number of hydrogen-bond acceptors (Lipinski definition) is 14. The summed E-state index contributed by atoms with van der Waals surface area (Å²) in [6.07, 6.45) is -2.90. The van der Waals surface area contributed by atoms with Crippen molar-refractivity contribution >= 4 is 35.0 Å². The summed E-state index contributed by atoms with van der Waals surface area (Å²) in [6, 6.07) is 11.7. The van der Waals surface area contributed by atoms with Crippen LogP contribution in [-0.2, 0) is 41.3 Å². The van der Waals surface area contributed by atoms with E-state index in [2.05, 4.69) is 47.4 Å². The molecule has 1 aliphatic rings. The van der Waals surface area contributed by atoms with Gasteiger partial charge < -0.3 is 49.6 Å². The summed E-state index contributed by atoms with van der Waals surface area (Å²) in [4.78, 5) is 65.6. The van der Waals surface area contributed by atoms with Crippen LogP contribution in [0.15, 0.2) is 58.6 Å². The van der Waals surface area contributed by atoms with Gasteiger partial charge in [0.05, 0.1) is 48.6 Å². The Morgan fingerprint density at radius 2 is 1.59 bits per heavy atom. The number of ether oxygens (including phenoxy) is 3. The molecule has 21 heteroatoms. The largest absolute Gasteiger partial charge is 0.471 e. The van der Waals surface area contributed by atoms with Gasteiger partial charge in [-0.05, 0) is 74.9 Å². The normalized spacial score (nSPS) is 16.1. The molecule has 1 aliphatic heterocycles. The van der Waals surface area contributed by atoms with Gasteiger partial charge in [-0.15, -0.1) is 11.3 Å². The molecule has 0 bridgehead atoms. The van der Waals surface area contributed by atoms with E-state index in [1.807, 2.05) is 58.9 Å². The highest BCUT2D eigenvalue weighted by molar-refractivity contribution is 7.13. The van der Waals surface area contributed by atoms with Crippen LogP contribution in [-0.4, -0.2) is 144 Å². The van der Waals surface area contributed by atoms with E-state index >= 15 is 0 Å². The van der Waals surface area contributed by atoms with Gasteiger partial charge in [0.15, 0.2) is 0 Å². The molecular formula is C48H65F3N8O9S. The van der Waals surface area contributed by atoms with E-state index in [-0.39, 0.29) is 68.6 Å². The lowest BCUT2D eigenvalue weighted by Crippen LogP contribution is -2.58. The van der Waals surface area contributed by atoms with Gasteiger partial charge in [0.25, 0.3) is 5.91 Å². The summed E-state index contributed by atoms with van der Waals surface area (Å²) in [6.45, 7) is 15.3. The number of β-amino-alcohol motifs (C(OH)–C–C–N with tert-alkyl or cyclic N) is 1. The van der Waals surface area contributed by atoms with Gasteiger partial charge in [0, 0.05) is 49.8 Å². The minimum Gasteiger partial charge on any atom is -0.391 e. The van der Waals surface area contributed by atoms with Crippen molar-refractivity contribution in [3.8, 4) is 21.8 Å². The lowest BCUT2D eigenvalue weighted by Gasteiger charge is -2.35. The van der Waals surface area contributed by atoms with Crippen molar-refractivity contribution in [1.82, 2.24) is 40.9 Å². The fourth-order valence-corrected chi connectivity index (χ4v) is 8.52. The molecule has 4 amide bonds. The van der Waals surface area contributed by atoms with Crippen molar-refractivity contribution in [2.24, 2.45) is 5.41 Å². The van der Waals surface area contributed by atoms with Crippen LogP contribution in [0.4, 0.5) is 13.2 Å². The Morgan fingerprint density at radius 3 is 2.22 bits per heavy atom. The van der Waals surface area contributed by atoms with Crippen LogP contribution in [0, 0.1) is 12.3 Å². The van der Waals surface area contributed by atoms with Crippen LogP contribution < -0.4 is 16.0 Å². The molecule has 69 heavy (non-hydrogen) atoms. The topological polar surface area (TPSA) is 211 Å². The third-order valence-corrected chi connectivity index (χ3v) is 12.2. The fourth-order valence-electron chi connectivity index (χ4n) is 7.70. The number of aliphatic hydroxyl groups is 1. The molecular weight excluding hydrogens is 922 g/mol. The van der Waals surface area contributed by atoms with Crippen LogP contribution in [0.3, 0.4) is 0 Å². The van der Waals surface area contributed by atoms with Gasteiger partial charge in [0.1, 0.15) is 18.7 Å². The molecule has 4 unspecified atom stereocenters. The van der Waals surface area contributed by atoms with Gasteiger partial charge in [-0.3, -0.25) is 19.2 Å². The Balaban J connectivity index is 0.921. The highest BCUT2D eigenvalue weighted by Gasteiger charge is 2.44. The van der Waals surface area contributed by atoms with Gasteiger partial charge >= 0.3 is 12.1 Å². The molecule has 3 heterocycles. The first-order valence-electron chi connectivity index (χ1n) is 23.2. The second-order valence-corrected chi connectivity index (χ2v) is 19.0. The first-order chi connectivity index (χ1) is 32.8. The number of nitrogens with zero attached hydrogens (tertiary/aromatic N) is 5. The van der Waals surface area contributed by atoms with Crippen molar-refractivity contribution in [3.05, 3.63) is 76.8 Å². The molecule has 4 aromatic rings. The summed E-state index contributed by atoms with van der Waals surface area (Å²) in [5.74, 6) is -3.31. The van der Waals surface area contributed by atoms with Crippen LogP contribution in [0.1, 0.15) is 87.8 Å².